The molecule has 0 aliphatic rings. The molecule has 0 aliphatic heterocycles. The highest BCUT2D eigenvalue weighted by Gasteiger charge is 1.99. The molecule has 1 N–H and O–H groups in total. The van der Waals surface area contributed by atoms with Gasteiger partial charge in [-0.2, -0.15) is 9.89 Å². The van der Waals surface area contributed by atoms with Crippen LogP contribution in [0.1, 0.15) is 25.1 Å². The van der Waals surface area contributed by atoms with Crippen molar-refractivity contribution in [2.75, 3.05) is 12.5 Å². The van der Waals surface area contributed by atoms with Crippen LogP contribution >= 0.6 is 0 Å². The predicted octanol–water partition coefficient (Wildman–Crippen LogP) is 2.37. The van der Waals surface area contributed by atoms with Crippen molar-refractivity contribution in [2.24, 2.45) is 0 Å². The Balaban J connectivity index is 0.000000671. The molecule has 3 nitrogen and oxygen atoms in total. The summed E-state index contributed by atoms with van der Waals surface area (Å²) >= 11 is 0. The van der Waals surface area contributed by atoms with Gasteiger partial charge < -0.3 is 5.43 Å². The highest BCUT2D eigenvalue weighted by Crippen LogP contribution is 2.07. The topological polar surface area (TPSA) is 29.9 Å². The highest BCUT2D eigenvalue weighted by molar-refractivity contribution is 5.59. The number of hydrogen-bond donors (Lipinski definition) is 1. The molecule has 1 heterocycles. The Hall–Kier alpha value is -1.51. The Morgan fingerprint density at radius 1 is 1.38 bits per heavy atom. The van der Waals surface area contributed by atoms with E-state index in [1.807, 2.05) is 20.0 Å². The Morgan fingerprint density at radius 3 is 2.31 bits per heavy atom. The van der Waals surface area contributed by atoms with Gasteiger partial charge in [0.2, 0.25) is 0 Å². The molecule has 0 saturated carbocycles. The molecule has 0 aliphatic carbocycles. The number of aromatic nitrogens is 2. The minimum atomic E-state index is 0.842. The van der Waals surface area contributed by atoms with E-state index in [1.165, 1.54) is 0 Å². The number of nitrogens with one attached hydrogen (secondary N) is 1. The summed E-state index contributed by atoms with van der Waals surface area (Å²) in [7, 11) is 1.80. The van der Waals surface area contributed by atoms with E-state index in [4.69, 9.17) is 0 Å². The zero-order valence-corrected chi connectivity index (χ0v) is 8.54. The molecular formula is C10H17N3. The molecule has 13 heavy (non-hydrogen) atoms. The normalized spacial score (nSPS) is 8.23. The molecule has 0 spiro atoms. The van der Waals surface area contributed by atoms with Crippen LogP contribution < -0.4 is 5.43 Å². The summed E-state index contributed by atoms with van der Waals surface area (Å²) in [5.41, 5.74) is 4.69. The van der Waals surface area contributed by atoms with Gasteiger partial charge in [0, 0.05) is 12.6 Å². The molecule has 0 aromatic carbocycles. The first-order valence-corrected chi connectivity index (χ1v) is 4.34. The van der Waals surface area contributed by atoms with Crippen molar-refractivity contribution < 1.29 is 0 Å². The molecule has 0 amide bonds. The monoisotopic (exact) mass is 179 g/mol. The van der Waals surface area contributed by atoms with E-state index >= 15 is 0 Å². The summed E-state index contributed by atoms with van der Waals surface area (Å²) in [5, 5.41) is 4.13. The standard InChI is InChI=1S/C8H11N3.C2H6/c1-4-7-6-11(9-3)10-8(7)5-2;1-2/h4-6,9H,1-2H2,3H3;1-2H3. The largest absolute Gasteiger partial charge is 0.313 e. The van der Waals surface area contributed by atoms with Gasteiger partial charge in [0.15, 0.2) is 0 Å². The van der Waals surface area contributed by atoms with Crippen LogP contribution in [0, 0.1) is 0 Å². The molecule has 0 bridgehead atoms. The maximum Gasteiger partial charge on any atom is 0.0938 e. The summed E-state index contributed by atoms with van der Waals surface area (Å²) in [6.45, 7) is 11.3. The molecule has 72 valence electrons. The van der Waals surface area contributed by atoms with E-state index in [1.54, 1.807) is 24.0 Å². The molecule has 0 unspecified atom stereocenters. The zero-order chi connectivity index (χ0) is 10.3. The third-order valence-corrected chi connectivity index (χ3v) is 1.41. The predicted molar refractivity (Wildman–Crippen MR) is 59.0 cm³/mol. The van der Waals surface area contributed by atoms with E-state index < -0.39 is 0 Å². The van der Waals surface area contributed by atoms with Gasteiger partial charge >= 0.3 is 0 Å². The van der Waals surface area contributed by atoms with E-state index in [0.29, 0.717) is 0 Å². The summed E-state index contributed by atoms with van der Waals surface area (Å²) in [6.07, 6.45) is 5.30. The Bertz CT molecular complexity index is 248. The fourth-order valence-electron chi connectivity index (χ4n) is 0.831. The first-order valence-electron chi connectivity index (χ1n) is 4.34. The lowest BCUT2D eigenvalue weighted by atomic mass is 10.2. The maximum atomic E-state index is 4.13. The van der Waals surface area contributed by atoms with Crippen LogP contribution in [0.3, 0.4) is 0 Å². The van der Waals surface area contributed by atoms with E-state index in [9.17, 15) is 0 Å². The van der Waals surface area contributed by atoms with E-state index in [0.717, 1.165) is 11.3 Å². The third kappa shape index (κ3) is 2.78. The van der Waals surface area contributed by atoms with E-state index in [-0.39, 0.29) is 0 Å². The fraction of sp³-hybridized carbons (Fsp3) is 0.300. The molecule has 0 atom stereocenters. The second-order valence-electron chi connectivity index (χ2n) is 2.05. The van der Waals surface area contributed by atoms with Gasteiger partial charge in [0.25, 0.3) is 0 Å². The summed E-state index contributed by atoms with van der Waals surface area (Å²) in [6, 6.07) is 0. The van der Waals surface area contributed by atoms with Gasteiger partial charge in [-0.3, -0.25) is 0 Å². The lowest BCUT2D eigenvalue weighted by molar-refractivity contribution is 0.779. The summed E-state index contributed by atoms with van der Waals surface area (Å²) in [5.74, 6) is 0. The van der Waals surface area contributed by atoms with Gasteiger partial charge in [-0.05, 0) is 6.08 Å². The molecular weight excluding hydrogens is 162 g/mol. The Morgan fingerprint density at radius 2 is 2.00 bits per heavy atom. The van der Waals surface area contributed by atoms with Crippen LogP contribution in [0.2, 0.25) is 0 Å². The van der Waals surface area contributed by atoms with Crippen molar-refractivity contribution in [2.45, 2.75) is 13.8 Å². The zero-order valence-electron chi connectivity index (χ0n) is 8.54. The van der Waals surface area contributed by atoms with E-state index in [2.05, 4.69) is 23.7 Å². The molecule has 1 rings (SSSR count). The summed E-state index contributed by atoms with van der Waals surface area (Å²) in [4.78, 5) is 1.62. The van der Waals surface area contributed by atoms with Crippen LogP contribution in [0.15, 0.2) is 19.4 Å². The number of nitrogens with zero attached hydrogens (tertiary/aromatic N) is 2. The second-order valence-corrected chi connectivity index (χ2v) is 2.05. The highest BCUT2D eigenvalue weighted by atomic mass is 15.5. The quantitative estimate of drug-likeness (QED) is 0.772. The average Bonchev–Trinajstić information content (AvgIpc) is 2.63. The van der Waals surface area contributed by atoms with Crippen LogP contribution in [-0.2, 0) is 0 Å². The van der Waals surface area contributed by atoms with Gasteiger partial charge in [-0.1, -0.05) is 33.1 Å². The second kappa shape index (κ2) is 6.06. The molecule has 0 saturated heterocycles. The van der Waals surface area contributed by atoms with Crippen LogP contribution in [0.25, 0.3) is 12.2 Å². The van der Waals surface area contributed by atoms with Gasteiger partial charge in [0.1, 0.15) is 0 Å². The van der Waals surface area contributed by atoms with Crippen molar-refractivity contribution in [3.8, 4) is 0 Å². The Kier molecular flexibility index (Phi) is 5.35. The van der Waals surface area contributed by atoms with Crippen LogP contribution in [0.4, 0.5) is 0 Å². The first kappa shape index (κ1) is 11.5. The lowest BCUT2D eigenvalue weighted by Gasteiger charge is -1.93. The molecule has 3 heteroatoms. The van der Waals surface area contributed by atoms with Gasteiger partial charge in [-0.15, -0.1) is 0 Å². The average molecular weight is 179 g/mol. The molecule has 0 radical (unpaired) electrons. The summed E-state index contributed by atoms with van der Waals surface area (Å²) < 4.78 is 0. The maximum absolute atomic E-state index is 4.13. The number of hydrogen-bond acceptors (Lipinski definition) is 2. The van der Waals surface area contributed by atoms with Crippen molar-refractivity contribution in [3.63, 3.8) is 0 Å². The SMILES string of the molecule is C=Cc1cn(NC)nc1C=C.CC. The van der Waals surface area contributed by atoms with Crippen molar-refractivity contribution in [1.82, 2.24) is 9.89 Å². The Labute approximate surface area is 79.7 Å². The van der Waals surface area contributed by atoms with Gasteiger partial charge in [0.05, 0.1) is 11.9 Å². The minimum Gasteiger partial charge on any atom is -0.313 e. The number of rotatable bonds is 3. The van der Waals surface area contributed by atoms with Gasteiger partial charge in [-0.25, -0.2) is 0 Å². The third-order valence-electron chi connectivity index (χ3n) is 1.41. The molecule has 0 fully saturated rings. The van der Waals surface area contributed by atoms with Crippen LogP contribution in [0.5, 0.6) is 0 Å². The molecule has 1 aromatic rings. The van der Waals surface area contributed by atoms with Crippen molar-refractivity contribution >= 4 is 12.2 Å². The van der Waals surface area contributed by atoms with Crippen molar-refractivity contribution in [3.05, 3.63) is 30.6 Å². The fourth-order valence-corrected chi connectivity index (χ4v) is 0.831. The first-order chi connectivity index (χ1) is 6.31. The molecule has 1 aromatic heterocycles. The lowest BCUT2D eigenvalue weighted by Crippen LogP contribution is -2.08. The van der Waals surface area contributed by atoms with Crippen LogP contribution in [-0.4, -0.2) is 16.9 Å². The minimum absolute atomic E-state index is 0.842. The smallest absolute Gasteiger partial charge is 0.0938 e. The van der Waals surface area contributed by atoms with Crippen molar-refractivity contribution in [1.29, 1.82) is 0 Å².